The van der Waals surface area contributed by atoms with E-state index in [-0.39, 0.29) is 18.4 Å². The van der Waals surface area contributed by atoms with E-state index < -0.39 is 17.7 Å². The average Bonchev–Trinajstić information content (AvgIpc) is 2.71. The van der Waals surface area contributed by atoms with Crippen LogP contribution in [-0.4, -0.2) is 30.7 Å². The second-order valence-corrected chi connectivity index (χ2v) is 7.32. The first-order chi connectivity index (χ1) is 13.8. The van der Waals surface area contributed by atoms with E-state index >= 15 is 0 Å². The number of nitrogens with one attached hydrogen (secondary N) is 1. The van der Waals surface area contributed by atoms with Crippen molar-refractivity contribution in [3.05, 3.63) is 59.1 Å². The van der Waals surface area contributed by atoms with Gasteiger partial charge in [-0.2, -0.15) is 0 Å². The number of benzene rings is 2. The van der Waals surface area contributed by atoms with Crippen LogP contribution < -0.4 is 15.0 Å². The van der Waals surface area contributed by atoms with Crippen molar-refractivity contribution in [2.75, 3.05) is 12.0 Å². The number of ketones is 1. The number of hydrogen-bond acceptors (Lipinski definition) is 4. The van der Waals surface area contributed by atoms with Crippen LogP contribution in [-0.2, 0) is 20.9 Å². The number of hydrogen-bond donors (Lipinski definition) is 1. The Balaban J connectivity index is 2.23. The molecule has 0 aliphatic carbocycles. The minimum Gasteiger partial charge on any atom is -0.495 e. The fourth-order valence-corrected chi connectivity index (χ4v) is 3.06. The molecule has 2 aromatic rings. The summed E-state index contributed by atoms with van der Waals surface area (Å²) < 4.78 is 5.34. The van der Waals surface area contributed by atoms with Crippen LogP contribution in [0.5, 0.6) is 5.75 Å². The van der Waals surface area contributed by atoms with Gasteiger partial charge in [0.15, 0.2) is 0 Å². The zero-order chi connectivity index (χ0) is 21.6. The summed E-state index contributed by atoms with van der Waals surface area (Å²) >= 11 is 5.94. The molecule has 0 radical (unpaired) electrons. The first-order valence-electron chi connectivity index (χ1n) is 9.28. The summed E-state index contributed by atoms with van der Waals surface area (Å²) in [7, 11) is 1.49. The zero-order valence-electron chi connectivity index (χ0n) is 16.9. The first kappa shape index (κ1) is 22.4. The van der Waals surface area contributed by atoms with E-state index in [9.17, 15) is 14.4 Å². The molecule has 29 heavy (non-hydrogen) atoms. The second kappa shape index (κ2) is 10.1. The van der Waals surface area contributed by atoms with E-state index in [0.29, 0.717) is 16.5 Å². The Morgan fingerprint density at radius 3 is 2.38 bits per heavy atom. The van der Waals surface area contributed by atoms with Gasteiger partial charge in [-0.05, 0) is 36.8 Å². The van der Waals surface area contributed by atoms with Crippen molar-refractivity contribution in [2.45, 2.75) is 33.4 Å². The largest absolute Gasteiger partial charge is 0.495 e. The Morgan fingerprint density at radius 1 is 1.07 bits per heavy atom. The van der Waals surface area contributed by atoms with Crippen LogP contribution in [0.15, 0.2) is 48.5 Å². The molecule has 154 valence electrons. The highest BCUT2D eigenvalue weighted by molar-refractivity contribution is 6.39. The molecule has 2 amide bonds. The number of ether oxygens (including phenoxy) is 1. The summed E-state index contributed by atoms with van der Waals surface area (Å²) in [5.74, 6) is -1.69. The predicted octanol–water partition coefficient (Wildman–Crippen LogP) is 3.61. The molecule has 0 fully saturated rings. The van der Waals surface area contributed by atoms with E-state index in [2.05, 4.69) is 5.32 Å². The van der Waals surface area contributed by atoms with E-state index in [0.717, 1.165) is 5.56 Å². The highest BCUT2D eigenvalue weighted by Crippen LogP contribution is 2.30. The molecule has 0 saturated heterocycles. The number of nitrogens with zero attached hydrogens (tertiary/aromatic N) is 1. The Kier molecular flexibility index (Phi) is 7.79. The van der Waals surface area contributed by atoms with E-state index in [1.165, 1.54) is 18.9 Å². The van der Waals surface area contributed by atoms with Gasteiger partial charge in [-0.1, -0.05) is 49.7 Å². The molecule has 7 heteroatoms. The van der Waals surface area contributed by atoms with Crippen LogP contribution in [0.4, 0.5) is 5.69 Å². The summed E-state index contributed by atoms with van der Waals surface area (Å²) in [6.45, 7) is 5.17. The average molecular weight is 417 g/mol. The Morgan fingerprint density at radius 2 is 1.76 bits per heavy atom. The van der Waals surface area contributed by atoms with Gasteiger partial charge in [0, 0.05) is 17.5 Å². The molecule has 6 nitrogen and oxygen atoms in total. The lowest BCUT2D eigenvalue weighted by molar-refractivity contribution is -0.139. The van der Waals surface area contributed by atoms with E-state index in [1.54, 1.807) is 62.4 Å². The van der Waals surface area contributed by atoms with Gasteiger partial charge >= 0.3 is 0 Å². The number of carbonyl (C=O) groups excluding carboxylic acids is 3. The topological polar surface area (TPSA) is 75.7 Å². The van der Waals surface area contributed by atoms with Crippen molar-refractivity contribution in [2.24, 2.45) is 5.92 Å². The molecular formula is C22H25ClN2O4. The van der Waals surface area contributed by atoms with Crippen molar-refractivity contribution in [1.29, 1.82) is 0 Å². The second-order valence-electron chi connectivity index (χ2n) is 6.89. The lowest BCUT2D eigenvalue weighted by Crippen LogP contribution is -2.50. The molecule has 0 spiro atoms. The maximum atomic E-state index is 12.9. The van der Waals surface area contributed by atoms with Crippen molar-refractivity contribution in [3.8, 4) is 5.75 Å². The van der Waals surface area contributed by atoms with Gasteiger partial charge in [0.05, 0.1) is 12.8 Å². The van der Waals surface area contributed by atoms with Crippen LogP contribution in [0.1, 0.15) is 26.3 Å². The van der Waals surface area contributed by atoms with Gasteiger partial charge in [-0.3, -0.25) is 19.3 Å². The minimum atomic E-state index is -0.999. The van der Waals surface area contributed by atoms with Crippen molar-refractivity contribution >= 4 is 34.9 Å². The summed E-state index contributed by atoms with van der Waals surface area (Å²) in [4.78, 5) is 39.5. The van der Waals surface area contributed by atoms with Crippen LogP contribution in [0, 0.1) is 5.92 Å². The molecule has 0 aliphatic heterocycles. The van der Waals surface area contributed by atoms with Gasteiger partial charge < -0.3 is 10.1 Å². The number of carbonyl (C=O) groups is 3. The number of halogens is 1. The third kappa shape index (κ3) is 5.57. The monoisotopic (exact) mass is 416 g/mol. The number of para-hydroxylation sites is 2. The number of rotatable bonds is 8. The molecule has 1 N–H and O–H groups in total. The molecule has 2 aromatic carbocycles. The molecule has 1 unspecified atom stereocenters. The molecule has 0 heterocycles. The molecule has 2 rings (SSSR count). The predicted molar refractivity (Wildman–Crippen MR) is 113 cm³/mol. The highest BCUT2D eigenvalue weighted by Gasteiger charge is 2.33. The molecule has 0 bridgehead atoms. The van der Waals surface area contributed by atoms with Crippen LogP contribution >= 0.6 is 11.6 Å². The molecule has 1 atom stereocenters. The SMILES string of the molecule is COc1ccccc1N(C(=O)C(C)C)C(C)C(=O)C(=O)NCc1cccc(Cl)c1. The standard InChI is InChI=1S/C22H25ClN2O4/c1-14(2)22(28)25(18-10-5-6-11-19(18)29-4)15(3)20(26)21(27)24-13-16-8-7-9-17(23)12-16/h5-12,14-15H,13H2,1-4H3,(H,24,27). The van der Waals surface area contributed by atoms with E-state index in [4.69, 9.17) is 16.3 Å². The van der Waals surface area contributed by atoms with Crippen molar-refractivity contribution in [1.82, 2.24) is 5.32 Å². The Hall–Kier alpha value is -2.86. The van der Waals surface area contributed by atoms with Gasteiger partial charge in [0.2, 0.25) is 11.7 Å². The van der Waals surface area contributed by atoms with Crippen LogP contribution in [0.25, 0.3) is 0 Å². The summed E-state index contributed by atoms with van der Waals surface area (Å²) in [5.41, 5.74) is 1.21. The number of amides is 2. The van der Waals surface area contributed by atoms with Crippen LogP contribution in [0.2, 0.25) is 5.02 Å². The highest BCUT2D eigenvalue weighted by atomic mass is 35.5. The summed E-state index contributed by atoms with van der Waals surface area (Å²) in [5, 5.41) is 3.14. The summed E-state index contributed by atoms with van der Waals surface area (Å²) in [6, 6.07) is 12.9. The molecule has 0 aromatic heterocycles. The molecular weight excluding hydrogens is 392 g/mol. The number of Topliss-reactive ketones (excluding diaryl/α,β-unsaturated/α-hetero) is 1. The quantitative estimate of drug-likeness (QED) is 0.667. The Labute approximate surface area is 175 Å². The van der Waals surface area contributed by atoms with Gasteiger partial charge in [-0.25, -0.2) is 0 Å². The first-order valence-corrected chi connectivity index (χ1v) is 9.66. The number of anilines is 1. The maximum absolute atomic E-state index is 12.9. The maximum Gasteiger partial charge on any atom is 0.289 e. The lowest BCUT2D eigenvalue weighted by atomic mass is 10.1. The Bertz CT molecular complexity index is 898. The molecule has 0 saturated carbocycles. The number of methoxy groups -OCH3 is 1. The normalized spacial score (nSPS) is 11.7. The van der Waals surface area contributed by atoms with Gasteiger partial charge in [-0.15, -0.1) is 0 Å². The van der Waals surface area contributed by atoms with E-state index in [1.807, 2.05) is 0 Å². The third-order valence-electron chi connectivity index (χ3n) is 4.41. The van der Waals surface area contributed by atoms with Gasteiger partial charge in [0.25, 0.3) is 5.91 Å². The smallest absolute Gasteiger partial charge is 0.289 e. The van der Waals surface area contributed by atoms with Crippen molar-refractivity contribution in [3.63, 3.8) is 0 Å². The molecule has 0 aliphatic rings. The van der Waals surface area contributed by atoms with Crippen LogP contribution in [0.3, 0.4) is 0 Å². The third-order valence-corrected chi connectivity index (χ3v) is 4.64. The zero-order valence-corrected chi connectivity index (χ0v) is 17.7. The van der Waals surface area contributed by atoms with Gasteiger partial charge in [0.1, 0.15) is 11.8 Å². The fraction of sp³-hybridized carbons (Fsp3) is 0.318. The minimum absolute atomic E-state index is 0.157. The lowest BCUT2D eigenvalue weighted by Gasteiger charge is -2.30. The summed E-state index contributed by atoms with van der Waals surface area (Å²) in [6.07, 6.45) is 0. The fourth-order valence-electron chi connectivity index (χ4n) is 2.85. The van der Waals surface area contributed by atoms with Crippen molar-refractivity contribution < 1.29 is 19.1 Å².